The second kappa shape index (κ2) is 14.0. The molecule has 0 spiro atoms. The average Bonchev–Trinajstić information content (AvgIpc) is 2.72. The molecule has 0 amide bonds. The van der Waals surface area contributed by atoms with Gasteiger partial charge in [-0.25, -0.2) is 9.59 Å². The van der Waals surface area contributed by atoms with Crippen molar-refractivity contribution in [1.29, 1.82) is 0 Å². The number of aliphatic carboxylic acids is 2. The number of carbonyl (C=O) groups is 2. The summed E-state index contributed by atoms with van der Waals surface area (Å²) in [6.07, 6.45) is 6.59. The predicted octanol–water partition coefficient (Wildman–Crippen LogP) is 3.76. The van der Waals surface area contributed by atoms with E-state index in [-0.39, 0.29) is 0 Å². The van der Waals surface area contributed by atoms with Crippen LogP contribution in [0.4, 0.5) is 0 Å². The van der Waals surface area contributed by atoms with Crippen molar-refractivity contribution in [3.63, 3.8) is 0 Å². The number of ether oxygens (including phenoxy) is 2. The molecule has 1 fully saturated rings. The van der Waals surface area contributed by atoms with Gasteiger partial charge in [0.25, 0.3) is 0 Å². The van der Waals surface area contributed by atoms with E-state index in [4.69, 9.17) is 29.3 Å². The van der Waals surface area contributed by atoms with Gasteiger partial charge in [-0.3, -0.25) is 0 Å². The predicted molar refractivity (Wildman–Crippen MR) is 116 cm³/mol. The first-order valence-corrected chi connectivity index (χ1v) is 10.7. The zero-order valence-corrected chi connectivity index (χ0v) is 18.7. The molecule has 0 aromatic heterocycles. The molecule has 0 radical (unpaired) electrons. The van der Waals surface area contributed by atoms with E-state index in [1.165, 1.54) is 49.9 Å². The zero-order valence-electron chi connectivity index (χ0n) is 18.7. The fourth-order valence-electron chi connectivity index (χ4n) is 3.62. The lowest BCUT2D eigenvalue weighted by Gasteiger charge is -2.37. The lowest BCUT2D eigenvalue weighted by Crippen LogP contribution is -2.45. The highest BCUT2D eigenvalue weighted by Gasteiger charge is 2.28. The van der Waals surface area contributed by atoms with Gasteiger partial charge in [0.1, 0.15) is 5.75 Å². The molecule has 0 unspecified atom stereocenters. The Morgan fingerprint density at radius 1 is 1.17 bits per heavy atom. The molecular weight excluding hydrogens is 386 g/mol. The van der Waals surface area contributed by atoms with Crippen molar-refractivity contribution in [2.75, 3.05) is 33.4 Å². The van der Waals surface area contributed by atoms with Gasteiger partial charge >= 0.3 is 11.9 Å². The largest absolute Gasteiger partial charge is 0.493 e. The minimum Gasteiger partial charge on any atom is -0.493 e. The summed E-state index contributed by atoms with van der Waals surface area (Å²) in [6, 6.07) is 6.29. The van der Waals surface area contributed by atoms with Crippen molar-refractivity contribution >= 4 is 11.9 Å². The lowest BCUT2D eigenvalue weighted by atomic mass is 9.90. The maximum absolute atomic E-state index is 9.10. The van der Waals surface area contributed by atoms with E-state index in [0.29, 0.717) is 12.0 Å². The van der Waals surface area contributed by atoms with Crippen molar-refractivity contribution < 1.29 is 29.3 Å². The van der Waals surface area contributed by atoms with Crippen molar-refractivity contribution in [2.45, 2.75) is 59.0 Å². The van der Waals surface area contributed by atoms with E-state index in [2.05, 4.69) is 43.9 Å². The molecule has 2 rings (SSSR count). The van der Waals surface area contributed by atoms with Crippen LogP contribution < -0.4 is 4.74 Å². The van der Waals surface area contributed by atoms with Crippen molar-refractivity contribution in [3.05, 3.63) is 29.3 Å². The number of carboxylic acids is 2. The van der Waals surface area contributed by atoms with Gasteiger partial charge in [0, 0.05) is 13.7 Å². The molecule has 0 saturated carbocycles. The van der Waals surface area contributed by atoms with Crippen LogP contribution in [0.25, 0.3) is 0 Å². The second-order valence-electron chi connectivity index (χ2n) is 7.78. The SMILES string of the molecule is CCCCCN1CC[C@@H](CCOc2cccc(C)c2C)[C@@H](OC)C1.O=C(O)C(=O)O. The Morgan fingerprint density at radius 3 is 2.47 bits per heavy atom. The van der Waals surface area contributed by atoms with Gasteiger partial charge in [-0.05, 0) is 69.3 Å². The number of hydrogen-bond acceptors (Lipinski definition) is 5. The molecule has 2 N–H and O–H groups in total. The van der Waals surface area contributed by atoms with Gasteiger partial charge in [0.05, 0.1) is 12.7 Å². The number of hydrogen-bond donors (Lipinski definition) is 2. The number of carboxylic acid groups (broad SMARTS) is 2. The van der Waals surface area contributed by atoms with E-state index in [0.717, 1.165) is 25.3 Å². The van der Waals surface area contributed by atoms with Crippen LogP contribution in [-0.2, 0) is 14.3 Å². The molecule has 2 atom stereocenters. The van der Waals surface area contributed by atoms with Crippen LogP contribution in [0.5, 0.6) is 5.75 Å². The van der Waals surface area contributed by atoms with Crippen molar-refractivity contribution in [3.8, 4) is 5.75 Å². The number of methoxy groups -OCH3 is 1. The van der Waals surface area contributed by atoms with Gasteiger partial charge in [-0.1, -0.05) is 31.9 Å². The molecule has 30 heavy (non-hydrogen) atoms. The van der Waals surface area contributed by atoms with E-state index in [1.54, 1.807) is 0 Å². The van der Waals surface area contributed by atoms with E-state index < -0.39 is 11.9 Å². The highest BCUT2D eigenvalue weighted by molar-refractivity contribution is 6.27. The van der Waals surface area contributed by atoms with Gasteiger partial charge in [0.15, 0.2) is 0 Å². The molecule has 0 aliphatic carbocycles. The lowest BCUT2D eigenvalue weighted by molar-refractivity contribution is -0.159. The summed E-state index contributed by atoms with van der Waals surface area (Å²) in [4.78, 5) is 20.8. The Labute approximate surface area is 180 Å². The van der Waals surface area contributed by atoms with Crippen LogP contribution in [0.1, 0.15) is 50.2 Å². The van der Waals surface area contributed by atoms with Crippen molar-refractivity contribution in [2.24, 2.45) is 5.92 Å². The third kappa shape index (κ3) is 9.13. The third-order valence-electron chi connectivity index (χ3n) is 5.64. The van der Waals surface area contributed by atoms with E-state index >= 15 is 0 Å². The molecule has 0 bridgehead atoms. The zero-order chi connectivity index (χ0) is 22.5. The summed E-state index contributed by atoms with van der Waals surface area (Å²) in [5.41, 5.74) is 2.55. The highest BCUT2D eigenvalue weighted by Crippen LogP contribution is 2.25. The highest BCUT2D eigenvalue weighted by atomic mass is 16.5. The molecule has 1 aromatic rings. The molecule has 1 aliphatic heterocycles. The number of likely N-dealkylation sites (tertiary alicyclic amines) is 1. The Hall–Kier alpha value is -2.12. The van der Waals surface area contributed by atoms with E-state index in [9.17, 15) is 0 Å². The van der Waals surface area contributed by atoms with Gasteiger partial charge in [0.2, 0.25) is 0 Å². The van der Waals surface area contributed by atoms with Gasteiger partial charge in [-0.15, -0.1) is 0 Å². The number of aryl methyl sites for hydroxylation is 1. The van der Waals surface area contributed by atoms with Gasteiger partial charge < -0.3 is 24.6 Å². The first-order valence-electron chi connectivity index (χ1n) is 10.7. The van der Waals surface area contributed by atoms with Crippen LogP contribution in [0, 0.1) is 19.8 Å². The van der Waals surface area contributed by atoms with E-state index in [1.807, 2.05) is 7.11 Å². The summed E-state index contributed by atoms with van der Waals surface area (Å²) in [6.45, 7) is 10.8. The second-order valence-corrected chi connectivity index (χ2v) is 7.78. The maximum atomic E-state index is 9.10. The van der Waals surface area contributed by atoms with Crippen LogP contribution in [-0.4, -0.2) is 66.5 Å². The fraction of sp³-hybridized carbons (Fsp3) is 0.652. The third-order valence-corrected chi connectivity index (χ3v) is 5.64. The quantitative estimate of drug-likeness (QED) is 0.461. The summed E-state index contributed by atoms with van der Waals surface area (Å²) in [7, 11) is 1.86. The number of unbranched alkanes of at least 4 members (excludes halogenated alkanes) is 2. The summed E-state index contributed by atoms with van der Waals surface area (Å²) in [5.74, 6) is -2.01. The monoisotopic (exact) mass is 423 g/mol. The Balaban J connectivity index is 0.000000656. The summed E-state index contributed by atoms with van der Waals surface area (Å²) in [5, 5.41) is 14.8. The Bertz CT molecular complexity index is 651. The molecule has 1 aromatic carbocycles. The minimum absolute atomic E-state index is 0.350. The normalized spacial score (nSPS) is 18.9. The summed E-state index contributed by atoms with van der Waals surface area (Å²) >= 11 is 0. The topological polar surface area (TPSA) is 96.3 Å². The molecule has 170 valence electrons. The number of benzene rings is 1. The Kier molecular flexibility index (Phi) is 12.1. The van der Waals surface area contributed by atoms with Crippen LogP contribution in [0.3, 0.4) is 0 Å². The molecular formula is C23H37NO6. The van der Waals surface area contributed by atoms with Crippen LogP contribution in [0.2, 0.25) is 0 Å². The number of nitrogens with zero attached hydrogens (tertiary/aromatic N) is 1. The first-order chi connectivity index (χ1) is 14.3. The maximum Gasteiger partial charge on any atom is 0.414 e. The number of piperidine rings is 1. The van der Waals surface area contributed by atoms with Crippen LogP contribution >= 0.6 is 0 Å². The standard InChI is InChI=1S/C21H35NO2.C2H2O4/c1-5-6-7-13-22-14-11-19(21(16-22)23-4)12-15-24-20-10-8-9-17(2)18(20)3;3-1(4)2(5)6/h8-10,19,21H,5-7,11-16H2,1-4H3;(H,3,4)(H,5,6)/t19-,21-;/m0./s1. The molecule has 7 heteroatoms. The fourth-order valence-corrected chi connectivity index (χ4v) is 3.62. The minimum atomic E-state index is -1.82. The smallest absolute Gasteiger partial charge is 0.414 e. The molecule has 1 heterocycles. The number of rotatable bonds is 9. The molecule has 1 aliphatic rings. The van der Waals surface area contributed by atoms with Crippen LogP contribution in [0.15, 0.2) is 18.2 Å². The van der Waals surface area contributed by atoms with Crippen molar-refractivity contribution in [1.82, 2.24) is 4.90 Å². The molecule has 1 saturated heterocycles. The van der Waals surface area contributed by atoms with Gasteiger partial charge in [-0.2, -0.15) is 0 Å². The first kappa shape index (κ1) is 25.9. The summed E-state index contributed by atoms with van der Waals surface area (Å²) < 4.78 is 11.8. The molecule has 7 nitrogen and oxygen atoms in total. The Morgan fingerprint density at radius 2 is 1.87 bits per heavy atom. The average molecular weight is 424 g/mol.